The standard InChI is InChI=1S/C17H18OSi/c1-3-18-14-15-19(2,16-10-6-4-7-11-16)17-12-8-5-9-13-17/h1,4-13H,14-15H2,2H3. The molecule has 19 heavy (non-hydrogen) atoms. The number of terminal acetylenes is 1. The third kappa shape index (κ3) is 3.07. The number of rotatable bonds is 5. The minimum absolute atomic E-state index is 0.614. The lowest BCUT2D eigenvalue weighted by Crippen LogP contribution is -2.56. The minimum atomic E-state index is -1.76. The van der Waals surface area contributed by atoms with E-state index in [2.05, 4.69) is 73.3 Å². The van der Waals surface area contributed by atoms with Gasteiger partial charge in [0, 0.05) is 0 Å². The Morgan fingerprint density at radius 2 is 1.42 bits per heavy atom. The van der Waals surface area contributed by atoms with Crippen LogP contribution in [0.2, 0.25) is 12.6 Å². The second-order valence-corrected chi connectivity index (χ2v) is 9.10. The number of ether oxygens (including phenoxy) is 1. The average molecular weight is 266 g/mol. The van der Waals surface area contributed by atoms with E-state index in [1.165, 1.54) is 10.4 Å². The number of benzene rings is 2. The summed E-state index contributed by atoms with van der Waals surface area (Å²) in [5.74, 6) is 0. The van der Waals surface area contributed by atoms with Crippen LogP contribution in [0.5, 0.6) is 0 Å². The molecule has 0 atom stereocenters. The highest BCUT2D eigenvalue weighted by atomic mass is 28.3. The van der Waals surface area contributed by atoms with Crippen LogP contribution in [0.4, 0.5) is 0 Å². The molecule has 0 saturated heterocycles. The van der Waals surface area contributed by atoms with E-state index in [0.29, 0.717) is 6.61 Å². The quantitative estimate of drug-likeness (QED) is 0.459. The monoisotopic (exact) mass is 266 g/mol. The summed E-state index contributed by atoms with van der Waals surface area (Å²) >= 11 is 0. The predicted octanol–water partition coefficient (Wildman–Crippen LogP) is 2.49. The van der Waals surface area contributed by atoms with Gasteiger partial charge in [-0.15, -0.1) is 0 Å². The summed E-state index contributed by atoms with van der Waals surface area (Å²) in [5, 5.41) is 2.84. The Kier molecular flexibility index (Phi) is 4.43. The Morgan fingerprint density at radius 3 is 1.84 bits per heavy atom. The Balaban J connectivity index is 2.36. The van der Waals surface area contributed by atoms with Crippen LogP contribution in [0, 0.1) is 12.5 Å². The lowest BCUT2D eigenvalue weighted by Gasteiger charge is -2.28. The van der Waals surface area contributed by atoms with Crippen LogP contribution in [0.15, 0.2) is 60.7 Å². The van der Waals surface area contributed by atoms with Gasteiger partial charge in [0.05, 0.1) is 6.61 Å². The molecule has 2 aromatic rings. The maximum atomic E-state index is 5.18. The van der Waals surface area contributed by atoms with Gasteiger partial charge in [0.2, 0.25) is 0 Å². The first-order valence-electron chi connectivity index (χ1n) is 6.46. The lowest BCUT2D eigenvalue weighted by atomic mass is 10.4. The molecule has 2 rings (SSSR count). The number of hydrogen-bond acceptors (Lipinski definition) is 1. The molecule has 0 aliphatic rings. The van der Waals surface area contributed by atoms with Gasteiger partial charge < -0.3 is 4.74 Å². The van der Waals surface area contributed by atoms with Gasteiger partial charge in [0.15, 0.2) is 0 Å². The minimum Gasteiger partial charge on any atom is -0.447 e. The fourth-order valence-electron chi connectivity index (χ4n) is 2.38. The topological polar surface area (TPSA) is 9.23 Å². The van der Waals surface area contributed by atoms with Gasteiger partial charge in [-0.25, -0.2) is 0 Å². The molecule has 0 heterocycles. The van der Waals surface area contributed by atoms with Crippen LogP contribution >= 0.6 is 0 Å². The molecule has 96 valence electrons. The molecule has 0 aliphatic carbocycles. The lowest BCUT2D eigenvalue weighted by molar-refractivity contribution is 0.298. The Labute approximate surface area is 116 Å². The number of hydrogen-bond donors (Lipinski definition) is 0. The van der Waals surface area contributed by atoms with Gasteiger partial charge >= 0.3 is 0 Å². The molecule has 0 fully saturated rings. The van der Waals surface area contributed by atoms with Crippen LogP contribution in [0.25, 0.3) is 0 Å². The summed E-state index contributed by atoms with van der Waals surface area (Å²) in [6.07, 6.45) is 7.44. The van der Waals surface area contributed by atoms with E-state index in [-0.39, 0.29) is 0 Å². The molecule has 2 heteroatoms. The van der Waals surface area contributed by atoms with E-state index in [4.69, 9.17) is 11.2 Å². The van der Waals surface area contributed by atoms with Crippen molar-refractivity contribution in [2.24, 2.45) is 0 Å². The molecular weight excluding hydrogens is 248 g/mol. The predicted molar refractivity (Wildman–Crippen MR) is 83.4 cm³/mol. The van der Waals surface area contributed by atoms with E-state index in [0.717, 1.165) is 6.04 Å². The fourth-order valence-corrected chi connectivity index (χ4v) is 5.66. The van der Waals surface area contributed by atoms with Crippen molar-refractivity contribution < 1.29 is 4.74 Å². The van der Waals surface area contributed by atoms with Crippen LogP contribution in [-0.2, 0) is 4.74 Å². The molecule has 0 N–H and O–H groups in total. The zero-order chi connectivity index (χ0) is 13.6. The summed E-state index contributed by atoms with van der Waals surface area (Å²) in [4.78, 5) is 0. The van der Waals surface area contributed by atoms with Crippen LogP contribution in [0.1, 0.15) is 0 Å². The van der Waals surface area contributed by atoms with Gasteiger partial charge in [-0.1, -0.05) is 84.0 Å². The van der Waals surface area contributed by atoms with Crippen molar-refractivity contribution in [1.82, 2.24) is 0 Å². The summed E-state index contributed by atoms with van der Waals surface area (Å²) in [5.41, 5.74) is 0. The third-order valence-electron chi connectivity index (χ3n) is 3.61. The smallest absolute Gasteiger partial charge is 0.118 e. The largest absolute Gasteiger partial charge is 0.447 e. The summed E-state index contributed by atoms with van der Waals surface area (Å²) < 4.78 is 5.13. The van der Waals surface area contributed by atoms with E-state index < -0.39 is 8.07 Å². The van der Waals surface area contributed by atoms with Crippen LogP contribution < -0.4 is 10.4 Å². The third-order valence-corrected chi connectivity index (χ3v) is 8.03. The van der Waals surface area contributed by atoms with E-state index >= 15 is 0 Å². The van der Waals surface area contributed by atoms with Gasteiger partial charge in [0.1, 0.15) is 14.2 Å². The van der Waals surface area contributed by atoms with Crippen molar-refractivity contribution >= 4 is 18.4 Å². The highest BCUT2D eigenvalue weighted by Gasteiger charge is 2.31. The fraction of sp³-hybridized carbons (Fsp3) is 0.176. The highest BCUT2D eigenvalue weighted by molar-refractivity contribution is 7.01. The molecule has 0 bridgehead atoms. The normalized spacial score (nSPS) is 10.7. The average Bonchev–Trinajstić information content (AvgIpc) is 2.49. The van der Waals surface area contributed by atoms with Crippen molar-refractivity contribution in [1.29, 1.82) is 0 Å². The maximum Gasteiger partial charge on any atom is 0.118 e. The molecule has 0 aliphatic heterocycles. The summed E-state index contributed by atoms with van der Waals surface area (Å²) in [6, 6.07) is 22.4. The first-order chi connectivity index (χ1) is 9.27. The van der Waals surface area contributed by atoms with Gasteiger partial charge in [-0.3, -0.25) is 0 Å². The SMILES string of the molecule is C#COCC[Si](C)(c1ccccc1)c1ccccc1. The molecule has 0 unspecified atom stereocenters. The first-order valence-corrected chi connectivity index (χ1v) is 9.16. The van der Waals surface area contributed by atoms with E-state index in [1.807, 2.05) is 0 Å². The Hall–Kier alpha value is -1.98. The van der Waals surface area contributed by atoms with Gasteiger partial charge in [0.25, 0.3) is 0 Å². The summed E-state index contributed by atoms with van der Waals surface area (Å²) in [7, 11) is -1.76. The van der Waals surface area contributed by atoms with Crippen molar-refractivity contribution in [2.75, 3.05) is 6.61 Å². The van der Waals surface area contributed by atoms with Crippen molar-refractivity contribution in [3.8, 4) is 12.5 Å². The van der Waals surface area contributed by atoms with Crippen LogP contribution in [-0.4, -0.2) is 14.7 Å². The van der Waals surface area contributed by atoms with Crippen LogP contribution in [0.3, 0.4) is 0 Å². The maximum absolute atomic E-state index is 5.18. The Morgan fingerprint density at radius 1 is 0.947 bits per heavy atom. The molecule has 0 radical (unpaired) electrons. The molecule has 1 nitrogen and oxygen atoms in total. The Bertz CT molecular complexity index is 503. The van der Waals surface area contributed by atoms with E-state index in [1.54, 1.807) is 0 Å². The zero-order valence-corrected chi connectivity index (χ0v) is 12.2. The van der Waals surface area contributed by atoms with E-state index in [9.17, 15) is 0 Å². The van der Waals surface area contributed by atoms with Crippen molar-refractivity contribution in [3.05, 3.63) is 60.7 Å². The van der Waals surface area contributed by atoms with Crippen molar-refractivity contribution in [2.45, 2.75) is 12.6 Å². The zero-order valence-electron chi connectivity index (χ0n) is 11.2. The molecule has 0 saturated carbocycles. The molecule has 0 amide bonds. The second kappa shape index (κ2) is 6.26. The van der Waals surface area contributed by atoms with Gasteiger partial charge in [-0.05, 0) is 6.04 Å². The summed E-state index contributed by atoms with van der Waals surface area (Å²) in [6.45, 7) is 2.99. The first kappa shape index (κ1) is 13.4. The molecule has 2 aromatic carbocycles. The molecule has 0 aromatic heterocycles. The second-order valence-electron chi connectivity index (χ2n) is 4.78. The van der Waals surface area contributed by atoms with Crippen molar-refractivity contribution in [3.63, 3.8) is 0 Å². The molecular formula is C17H18OSi. The highest BCUT2D eigenvalue weighted by Crippen LogP contribution is 2.11. The molecule has 0 spiro atoms. The van der Waals surface area contributed by atoms with Gasteiger partial charge in [-0.2, -0.15) is 0 Å².